The van der Waals surface area contributed by atoms with E-state index in [1.54, 1.807) is 0 Å². The average Bonchev–Trinajstić information content (AvgIpc) is 2.60. The van der Waals surface area contributed by atoms with E-state index in [9.17, 15) is 15.0 Å². The molecule has 1 amide bonds. The molecule has 2 aliphatic carbocycles. The molecule has 1 saturated carbocycles. The molecule has 26 heavy (non-hydrogen) atoms. The van der Waals surface area contributed by atoms with Crippen molar-refractivity contribution in [2.24, 2.45) is 17.8 Å². The SMILES string of the molecule is CC(C)[C@@H]1CC[C@@H](C)C[C@@]1(O)C(=O)NC[C@@]1(O)CCCc2ccccc21. The van der Waals surface area contributed by atoms with Crippen LogP contribution in [0.4, 0.5) is 0 Å². The first-order chi connectivity index (χ1) is 12.3. The molecule has 0 saturated heterocycles. The van der Waals surface area contributed by atoms with Crippen molar-refractivity contribution in [1.29, 1.82) is 0 Å². The Hall–Kier alpha value is -1.39. The Bertz CT molecular complexity index is 659. The van der Waals surface area contributed by atoms with Crippen molar-refractivity contribution < 1.29 is 15.0 Å². The fraction of sp³-hybridized carbons (Fsp3) is 0.682. The first-order valence-electron chi connectivity index (χ1n) is 10.1. The third-order valence-electron chi connectivity index (χ3n) is 6.54. The maximum absolute atomic E-state index is 13.0. The van der Waals surface area contributed by atoms with Crippen molar-refractivity contribution in [1.82, 2.24) is 5.32 Å². The molecule has 0 aromatic heterocycles. The molecular weight excluding hydrogens is 326 g/mol. The number of amides is 1. The Morgan fingerprint density at radius 3 is 2.73 bits per heavy atom. The molecule has 1 aromatic carbocycles. The van der Waals surface area contributed by atoms with Crippen LogP contribution in [0.5, 0.6) is 0 Å². The molecular formula is C22H33NO3. The zero-order valence-corrected chi connectivity index (χ0v) is 16.3. The van der Waals surface area contributed by atoms with Gasteiger partial charge in [-0.15, -0.1) is 0 Å². The summed E-state index contributed by atoms with van der Waals surface area (Å²) in [6.07, 6.45) is 4.91. The van der Waals surface area contributed by atoms with Gasteiger partial charge < -0.3 is 15.5 Å². The summed E-state index contributed by atoms with van der Waals surface area (Å²) in [5, 5.41) is 25.4. The molecule has 4 heteroatoms. The minimum atomic E-state index is -1.34. The van der Waals surface area contributed by atoms with Gasteiger partial charge in [0.05, 0.1) is 6.54 Å². The van der Waals surface area contributed by atoms with E-state index in [-0.39, 0.29) is 24.3 Å². The van der Waals surface area contributed by atoms with Crippen LogP contribution in [0.15, 0.2) is 24.3 Å². The van der Waals surface area contributed by atoms with Crippen LogP contribution in [0.25, 0.3) is 0 Å². The number of aryl methyl sites for hydroxylation is 1. The van der Waals surface area contributed by atoms with Crippen molar-refractivity contribution in [2.45, 2.75) is 70.5 Å². The van der Waals surface area contributed by atoms with E-state index >= 15 is 0 Å². The second-order valence-electron chi connectivity index (χ2n) is 8.89. The number of hydrogen-bond donors (Lipinski definition) is 3. The maximum Gasteiger partial charge on any atom is 0.252 e. The Balaban J connectivity index is 1.76. The number of aliphatic hydroxyl groups is 2. The van der Waals surface area contributed by atoms with Crippen LogP contribution >= 0.6 is 0 Å². The van der Waals surface area contributed by atoms with Crippen molar-refractivity contribution in [3.05, 3.63) is 35.4 Å². The van der Waals surface area contributed by atoms with E-state index in [1.807, 2.05) is 24.3 Å². The minimum absolute atomic E-state index is 0.0352. The molecule has 0 bridgehead atoms. The van der Waals surface area contributed by atoms with Crippen LogP contribution in [-0.2, 0) is 16.8 Å². The number of rotatable bonds is 4. The van der Waals surface area contributed by atoms with E-state index in [2.05, 4.69) is 26.1 Å². The highest BCUT2D eigenvalue weighted by molar-refractivity contribution is 5.85. The quantitative estimate of drug-likeness (QED) is 0.773. The number of fused-ring (bicyclic) bond motifs is 1. The highest BCUT2D eigenvalue weighted by atomic mass is 16.3. The van der Waals surface area contributed by atoms with Gasteiger partial charge in [-0.2, -0.15) is 0 Å². The van der Waals surface area contributed by atoms with Gasteiger partial charge in [0, 0.05) is 0 Å². The summed E-state index contributed by atoms with van der Waals surface area (Å²) in [6, 6.07) is 7.92. The Morgan fingerprint density at radius 2 is 2.00 bits per heavy atom. The molecule has 0 spiro atoms. The van der Waals surface area contributed by atoms with Gasteiger partial charge in [0.1, 0.15) is 11.2 Å². The number of carbonyl (C=O) groups is 1. The fourth-order valence-corrected chi connectivity index (χ4v) is 5.09. The number of nitrogens with one attached hydrogen (secondary N) is 1. The van der Waals surface area contributed by atoms with Gasteiger partial charge in [-0.1, -0.05) is 51.5 Å². The van der Waals surface area contributed by atoms with Crippen LogP contribution < -0.4 is 5.32 Å². The molecule has 4 nitrogen and oxygen atoms in total. The lowest BCUT2D eigenvalue weighted by Crippen LogP contribution is -2.58. The van der Waals surface area contributed by atoms with Gasteiger partial charge in [-0.05, 0) is 61.0 Å². The number of carbonyl (C=O) groups excluding carboxylic acids is 1. The van der Waals surface area contributed by atoms with Gasteiger partial charge in [0.2, 0.25) is 0 Å². The largest absolute Gasteiger partial charge is 0.383 e. The lowest BCUT2D eigenvalue weighted by molar-refractivity contribution is -0.157. The van der Waals surface area contributed by atoms with Gasteiger partial charge in [-0.25, -0.2) is 0 Å². The first kappa shape index (κ1) is 19.4. The topological polar surface area (TPSA) is 69.6 Å². The van der Waals surface area contributed by atoms with Crippen molar-refractivity contribution in [3.63, 3.8) is 0 Å². The van der Waals surface area contributed by atoms with Crippen molar-refractivity contribution >= 4 is 5.91 Å². The fourth-order valence-electron chi connectivity index (χ4n) is 5.09. The predicted molar refractivity (Wildman–Crippen MR) is 103 cm³/mol. The molecule has 1 aromatic rings. The average molecular weight is 360 g/mol. The van der Waals surface area contributed by atoms with E-state index in [0.717, 1.165) is 36.8 Å². The normalized spacial score (nSPS) is 34.4. The van der Waals surface area contributed by atoms with Crippen molar-refractivity contribution in [2.75, 3.05) is 6.54 Å². The van der Waals surface area contributed by atoms with Crippen LogP contribution in [0.2, 0.25) is 0 Å². The third kappa shape index (κ3) is 3.54. The van der Waals surface area contributed by atoms with Gasteiger partial charge in [0.25, 0.3) is 5.91 Å². The standard InChI is InChI=1S/C22H33NO3/c1-15(2)18-11-10-16(3)13-22(18,26)20(24)23-14-21(25)12-6-8-17-7-4-5-9-19(17)21/h4-5,7,9,15-16,18,25-26H,6,8,10-14H2,1-3H3,(H,23,24)/t16-,18+,21+,22+/m1/s1. The highest BCUT2D eigenvalue weighted by Gasteiger charge is 2.49. The smallest absolute Gasteiger partial charge is 0.252 e. The second-order valence-corrected chi connectivity index (χ2v) is 8.89. The summed E-state index contributed by atoms with van der Waals surface area (Å²) in [6.45, 7) is 6.40. The predicted octanol–water partition coefficient (Wildman–Crippen LogP) is 3.15. The molecule has 1 fully saturated rings. The summed E-state index contributed by atoms with van der Waals surface area (Å²) in [7, 11) is 0. The van der Waals surface area contributed by atoms with Crippen LogP contribution in [0, 0.1) is 17.8 Å². The summed E-state index contributed by atoms with van der Waals surface area (Å²) >= 11 is 0. The minimum Gasteiger partial charge on any atom is -0.383 e. The number of benzene rings is 1. The number of hydrogen-bond acceptors (Lipinski definition) is 3. The molecule has 0 radical (unpaired) electrons. The summed E-state index contributed by atoms with van der Waals surface area (Å²) in [4.78, 5) is 13.0. The lowest BCUT2D eigenvalue weighted by Gasteiger charge is -2.44. The van der Waals surface area contributed by atoms with Crippen molar-refractivity contribution in [3.8, 4) is 0 Å². The maximum atomic E-state index is 13.0. The van der Waals surface area contributed by atoms with E-state index in [4.69, 9.17) is 0 Å². The summed E-state index contributed by atoms with van der Waals surface area (Å²) in [5.74, 6) is 0.224. The second kappa shape index (κ2) is 7.32. The van der Waals surface area contributed by atoms with Gasteiger partial charge in [0.15, 0.2) is 0 Å². The molecule has 2 aliphatic rings. The van der Waals surface area contributed by atoms with Gasteiger partial charge >= 0.3 is 0 Å². The summed E-state index contributed by atoms with van der Waals surface area (Å²) < 4.78 is 0. The zero-order chi connectivity index (χ0) is 18.9. The molecule has 144 valence electrons. The van der Waals surface area contributed by atoms with Gasteiger partial charge in [-0.3, -0.25) is 4.79 Å². The Labute approximate surface area is 157 Å². The van der Waals surface area contributed by atoms with E-state index in [1.165, 1.54) is 0 Å². The molecule has 3 rings (SSSR count). The highest BCUT2D eigenvalue weighted by Crippen LogP contribution is 2.41. The molecule has 3 N–H and O–H groups in total. The monoisotopic (exact) mass is 359 g/mol. The summed E-state index contributed by atoms with van der Waals surface area (Å²) in [5.41, 5.74) is -0.318. The third-order valence-corrected chi connectivity index (χ3v) is 6.54. The zero-order valence-electron chi connectivity index (χ0n) is 16.3. The lowest BCUT2D eigenvalue weighted by atomic mass is 9.66. The van der Waals surface area contributed by atoms with E-state index < -0.39 is 11.2 Å². The van der Waals surface area contributed by atoms with Crippen LogP contribution in [0.1, 0.15) is 64.0 Å². The first-order valence-corrected chi connectivity index (χ1v) is 10.1. The molecule has 0 heterocycles. The molecule has 0 aliphatic heterocycles. The Kier molecular flexibility index (Phi) is 5.45. The molecule has 4 atom stereocenters. The van der Waals surface area contributed by atoms with E-state index in [0.29, 0.717) is 18.8 Å². The molecule has 0 unspecified atom stereocenters. The van der Waals surface area contributed by atoms with Crippen LogP contribution in [0.3, 0.4) is 0 Å². The van der Waals surface area contributed by atoms with Crippen LogP contribution in [-0.4, -0.2) is 28.3 Å². The Morgan fingerprint density at radius 1 is 1.27 bits per heavy atom.